The smallest absolute Gasteiger partial charge is 0.326 e. The minimum absolute atomic E-state index is 0.146. The maximum atomic E-state index is 13.0. The minimum atomic E-state index is -0.994. The number of amides is 1. The number of carbonyl (C=O) groups excluding carboxylic acids is 1. The Kier molecular flexibility index (Phi) is 9.04. The summed E-state index contributed by atoms with van der Waals surface area (Å²) in [6, 6.07) is 22.0. The number of aliphatic carboxylic acids is 1. The van der Waals surface area contributed by atoms with Gasteiger partial charge in [-0.05, 0) is 64.6 Å². The number of unbranched alkanes of at least 4 members (excludes halogenated alkanes) is 1. The average Bonchev–Trinajstić information content (AvgIpc) is 3.47. The quantitative estimate of drug-likeness (QED) is 0.233. The molecule has 0 saturated heterocycles. The van der Waals surface area contributed by atoms with Crippen molar-refractivity contribution in [1.82, 2.24) is 25.5 Å². The van der Waals surface area contributed by atoms with Gasteiger partial charge in [-0.15, -0.1) is 10.2 Å². The van der Waals surface area contributed by atoms with Gasteiger partial charge in [0, 0.05) is 18.5 Å². The van der Waals surface area contributed by atoms with Crippen LogP contribution in [0.4, 0.5) is 0 Å². The van der Waals surface area contributed by atoms with Crippen LogP contribution in [-0.2, 0) is 16.1 Å². The summed E-state index contributed by atoms with van der Waals surface area (Å²) in [7, 11) is 0. The monoisotopic (exact) mass is 527 g/mol. The Morgan fingerprint density at radius 1 is 0.974 bits per heavy atom. The van der Waals surface area contributed by atoms with Crippen LogP contribution in [0.15, 0.2) is 72.8 Å². The van der Waals surface area contributed by atoms with Gasteiger partial charge in [0.2, 0.25) is 11.7 Å². The van der Waals surface area contributed by atoms with Crippen LogP contribution in [0, 0.1) is 5.92 Å². The number of para-hydroxylation sites is 1. The SMILES string of the molecule is CCCCC(=O)N(Cc1ccc(-c2cc(Oc3ccccc3)ccc2-c2nn[nH]n2)cc1)[C@H](C(=O)O)C(C)C. The Balaban J connectivity index is 1.65. The normalized spacial score (nSPS) is 11.8. The number of tetrazole rings is 1. The predicted molar refractivity (Wildman–Crippen MR) is 148 cm³/mol. The maximum absolute atomic E-state index is 13.0. The fraction of sp³-hybridized carbons (Fsp3) is 0.300. The highest BCUT2D eigenvalue weighted by atomic mass is 16.5. The molecule has 1 atom stereocenters. The molecule has 0 fully saturated rings. The van der Waals surface area contributed by atoms with Crippen LogP contribution in [-0.4, -0.2) is 48.5 Å². The van der Waals surface area contributed by atoms with E-state index in [0.29, 0.717) is 18.0 Å². The molecule has 0 bridgehead atoms. The van der Waals surface area contributed by atoms with E-state index in [9.17, 15) is 14.7 Å². The van der Waals surface area contributed by atoms with Crippen molar-refractivity contribution in [2.75, 3.05) is 0 Å². The highest BCUT2D eigenvalue weighted by molar-refractivity contribution is 5.84. The number of carboxylic acids is 1. The van der Waals surface area contributed by atoms with Gasteiger partial charge in [-0.2, -0.15) is 5.21 Å². The Bertz CT molecular complexity index is 1370. The Morgan fingerprint density at radius 3 is 2.33 bits per heavy atom. The van der Waals surface area contributed by atoms with Crippen molar-refractivity contribution >= 4 is 11.9 Å². The molecule has 9 heteroatoms. The van der Waals surface area contributed by atoms with Crippen LogP contribution in [0.25, 0.3) is 22.5 Å². The molecule has 202 valence electrons. The molecule has 0 spiro atoms. The topological polar surface area (TPSA) is 121 Å². The van der Waals surface area contributed by atoms with Gasteiger partial charge in [-0.1, -0.05) is 69.7 Å². The van der Waals surface area contributed by atoms with Crippen LogP contribution < -0.4 is 4.74 Å². The van der Waals surface area contributed by atoms with E-state index in [2.05, 4.69) is 20.6 Å². The molecule has 0 saturated carbocycles. The molecule has 1 aromatic heterocycles. The average molecular weight is 528 g/mol. The number of nitrogens with zero attached hydrogens (tertiary/aromatic N) is 4. The van der Waals surface area contributed by atoms with E-state index in [1.54, 1.807) is 0 Å². The summed E-state index contributed by atoms with van der Waals surface area (Å²) in [5.41, 5.74) is 3.35. The molecule has 0 aliphatic carbocycles. The largest absolute Gasteiger partial charge is 0.480 e. The molecular formula is C30H33N5O4. The molecule has 1 amide bonds. The zero-order valence-corrected chi connectivity index (χ0v) is 22.4. The lowest BCUT2D eigenvalue weighted by atomic mass is 9.97. The van der Waals surface area contributed by atoms with Crippen molar-refractivity contribution in [3.05, 3.63) is 78.4 Å². The van der Waals surface area contributed by atoms with Gasteiger partial charge in [0.1, 0.15) is 17.5 Å². The number of carbonyl (C=O) groups is 2. The molecule has 0 unspecified atom stereocenters. The fourth-order valence-electron chi connectivity index (χ4n) is 4.50. The van der Waals surface area contributed by atoms with Crippen molar-refractivity contribution in [3.63, 3.8) is 0 Å². The first-order valence-electron chi connectivity index (χ1n) is 13.1. The second-order valence-corrected chi connectivity index (χ2v) is 9.71. The summed E-state index contributed by atoms with van der Waals surface area (Å²) in [5, 5.41) is 24.4. The lowest BCUT2D eigenvalue weighted by Gasteiger charge is -2.32. The Labute approximate surface area is 227 Å². The summed E-state index contributed by atoms with van der Waals surface area (Å²) in [5.74, 6) is 0.462. The lowest BCUT2D eigenvalue weighted by molar-refractivity contribution is -0.153. The number of H-pyrrole nitrogens is 1. The lowest BCUT2D eigenvalue weighted by Crippen LogP contribution is -2.47. The zero-order chi connectivity index (χ0) is 27.8. The summed E-state index contributed by atoms with van der Waals surface area (Å²) >= 11 is 0. The van der Waals surface area contributed by atoms with Gasteiger partial charge >= 0.3 is 5.97 Å². The Morgan fingerprint density at radius 2 is 1.72 bits per heavy atom. The molecule has 2 N–H and O–H groups in total. The zero-order valence-electron chi connectivity index (χ0n) is 22.4. The van der Waals surface area contributed by atoms with Crippen LogP contribution >= 0.6 is 0 Å². The third-order valence-electron chi connectivity index (χ3n) is 6.46. The highest BCUT2D eigenvalue weighted by Crippen LogP contribution is 2.35. The van der Waals surface area contributed by atoms with Crippen LogP contribution in [0.5, 0.6) is 11.5 Å². The second-order valence-electron chi connectivity index (χ2n) is 9.71. The van der Waals surface area contributed by atoms with E-state index in [4.69, 9.17) is 4.74 Å². The fourth-order valence-corrected chi connectivity index (χ4v) is 4.50. The van der Waals surface area contributed by atoms with Gasteiger partial charge in [0.25, 0.3) is 0 Å². The number of hydrogen-bond acceptors (Lipinski definition) is 6. The van der Waals surface area contributed by atoms with E-state index < -0.39 is 12.0 Å². The van der Waals surface area contributed by atoms with Gasteiger partial charge in [-0.25, -0.2) is 4.79 Å². The van der Waals surface area contributed by atoms with Crippen molar-refractivity contribution in [1.29, 1.82) is 0 Å². The van der Waals surface area contributed by atoms with E-state index >= 15 is 0 Å². The number of aromatic nitrogens is 4. The Hall–Kier alpha value is -4.53. The van der Waals surface area contributed by atoms with E-state index in [1.807, 2.05) is 93.6 Å². The summed E-state index contributed by atoms with van der Waals surface area (Å²) in [6.07, 6.45) is 1.91. The van der Waals surface area contributed by atoms with Crippen LogP contribution in [0.3, 0.4) is 0 Å². The van der Waals surface area contributed by atoms with Gasteiger partial charge < -0.3 is 14.7 Å². The molecule has 9 nitrogen and oxygen atoms in total. The molecule has 4 rings (SSSR count). The number of ether oxygens (including phenoxy) is 1. The molecule has 0 radical (unpaired) electrons. The molecular weight excluding hydrogens is 494 g/mol. The third kappa shape index (κ3) is 6.87. The molecule has 39 heavy (non-hydrogen) atoms. The van der Waals surface area contributed by atoms with Crippen molar-refractivity contribution in [2.45, 2.75) is 52.6 Å². The molecule has 0 aliphatic rings. The summed E-state index contributed by atoms with van der Waals surface area (Å²) in [4.78, 5) is 26.6. The molecule has 4 aromatic rings. The first-order chi connectivity index (χ1) is 18.9. The third-order valence-corrected chi connectivity index (χ3v) is 6.46. The highest BCUT2D eigenvalue weighted by Gasteiger charge is 2.32. The van der Waals surface area contributed by atoms with E-state index in [1.165, 1.54) is 4.90 Å². The number of rotatable bonds is 12. The molecule has 3 aromatic carbocycles. The summed E-state index contributed by atoms with van der Waals surface area (Å²) in [6.45, 7) is 5.88. The van der Waals surface area contributed by atoms with Crippen molar-refractivity contribution < 1.29 is 19.4 Å². The number of aromatic amines is 1. The van der Waals surface area contributed by atoms with Gasteiger partial charge in [0.15, 0.2) is 0 Å². The summed E-state index contributed by atoms with van der Waals surface area (Å²) < 4.78 is 6.05. The van der Waals surface area contributed by atoms with E-state index in [0.717, 1.165) is 40.8 Å². The number of hydrogen-bond donors (Lipinski definition) is 2. The number of nitrogens with one attached hydrogen (secondary N) is 1. The number of carboxylic acid groups (broad SMARTS) is 1. The standard InChI is InChI=1S/C30H33N5O4/c1-4-5-11-27(36)35(28(20(2)3)30(37)38)19-21-12-14-22(15-13-21)26-18-24(39-23-9-7-6-8-10-23)16-17-25(26)29-31-33-34-32-29/h6-10,12-18,20,28H,4-5,11,19H2,1-3H3,(H,37,38)(H,31,32,33,34)/t28-/m0/s1. The van der Waals surface area contributed by atoms with Crippen LogP contribution in [0.2, 0.25) is 0 Å². The van der Waals surface area contributed by atoms with Crippen molar-refractivity contribution in [3.8, 4) is 34.0 Å². The second kappa shape index (κ2) is 12.8. The first kappa shape index (κ1) is 27.5. The van der Waals surface area contributed by atoms with Gasteiger partial charge in [-0.3, -0.25) is 4.79 Å². The first-order valence-corrected chi connectivity index (χ1v) is 13.1. The predicted octanol–water partition coefficient (Wildman–Crippen LogP) is 5.95. The van der Waals surface area contributed by atoms with Crippen molar-refractivity contribution in [2.24, 2.45) is 5.92 Å². The maximum Gasteiger partial charge on any atom is 0.326 e. The van der Waals surface area contributed by atoms with Crippen LogP contribution in [0.1, 0.15) is 45.6 Å². The number of benzene rings is 3. The molecule has 1 heterocycles. The molecule has 0 aliphatic heterocycles. The minimum Gasteiger partial charge on any atom is -0.480 e. The van der Waals surface area contributed by atoms with E-state index in [-0.39, 0.29) is 18.4 Å². The van der Waals surface area contributed by atoms with Gasteiger partial charge in [0.05, 0.1) is 0 Å².